The Kier molecular flexibility index (Phi) is 4.24. The molecule has 2 N–H and O–H groups in total. The minimum atomic E-state index is -3.87. The summed E-state index contributed by atoms with van der Waals surface area (Å²) >= 11 is 0. The summed E-state index contributed by atoms with van der Waals surface area (Å²) in [6, 6.07) is 4.21. The average Bonchev–Trinajstić information content (AvgIpc) is 2.35. The molecule has 0 amide bonds. The smallest absolute Gasteiger partial charge is 0.312 e. The van der Waals surface area contributed by atoms with Crippen LogP contribution < -0.4 is 10.0 Å². The van der Waals surface area contributed by atoms with Gasteiger partial charge in [0.15, 0.2) is 4.90 Å². The second-order valence-corrected chi connectivity index (χ2v) is 6.54. The van der Waals surface area contributed by atoms with Crippen LogP contribution in [0.1, 0.15) is 19.3 Å². The van der Waals surface area contributed by atoms with E-state index in [1.54, 1.807) is 0 Å². The van der Waals surface area contributed by atoms with Gasteiger partial charge in [-0.3, -0.25) is 10.1 Å². The fraction of sp³-hybridized carbons (Fsp3) is 0.500. The molecule has 2 rings (SSSR count). The number of nitro benzene ring substituents is 1. The summed E-state index contributed by atoms with van der Waals surface area (Å²) in [6.45, 7) is 0.337. The molecular formula is C12H17N3O4S. The monoisotopic (exact) mass is 299 g/mol. The van der Waals surface area contributed by atoms with Crippen molar-refractivity contribution in [2.45, 2.75) is 24.2 Å². The van der Waals surface area contributed by atoms with Crippen LogP contribution in [0.3, 0.4) is 0 Å². The number of nitrogens with zero attached hydrogens (tertiary/aromatic N) is 1. The van der Waals surface area contributed by atoms with E-state index < -0.39 is 20.6 Å². The van der Waals surface area contributed by atoms with Gasteiger partial charge in [-0.15, -0.1) is 0 Å². The summed E-state index contributed by atoms with van der Waals surface area (Å²) < 4.78 is 26.9. The summed E-state index contributed by atoms with van der Waals surface area (Å²) in [5, 5.41) is 13.8. The molecule has 0 unspecified atom stereocenters. The Morgan fingerprint density at radius 2 is 2.10 bits per heavy atom. The Bertz CT molecular complexity index is 611. The highest BCUT2D eigenvalue weighted by Gasteiger charge is 2.29. The molecule has 1 saturated carbocycles. The average molecular weight is 299 g/mol. The maximum atomic E-state index is 12.2. The lowest BCUT2D eigenvalue weighted by atomic mass is 9.86. The maximum absolute atomic E-state index is 12.2. The highest BCUT2D eigenvalue weighted by atomic mass is 32.2. The predicted octanol–water partition coefficient (Wildman–Crippen LogP) is 1.71. The van der Waals surface area contributed by atoms with Gasteiger partial charge in [-0.25, -0.2) is 13.1 Å². The first-order chi connectivity index (χ1) is 9.45. The van der Waals surface area contributed by atoms with Crippen LogP contribution in [0, 0.1) is 16.0 Å². The number of hydrogen-bond donors (Lipinski definition) is 2. The van der Waals surface area contributed by atoms with Crippen molar-refractivity contribution in [2.24, 2.45) is 5.92 Å². The van der Waals surface area contributed by atoms with Crippen molar-refractivity contribution in [3.8, 4) is 0 Å². The number of para-hydroxylation sites is 1. The van der Waals surface area contributed by atoms with Crippen LogP contribution in [0.4, 0.5) is 11.4 Å². The zero-order valence-corrected chi connectivity index (χ0v) is 11.9. The molecule has 110 valence electrons. The first-order valence-electron chi connectivity index (χ1n) is 6.40. The lowest BCUT2D eigenvalue weighted by Gasteiger charge is -2.25. The van der Waals surface area contributed by atoms with E-state index in [1.807, 2.05) is 0 Å². The molecule has 8 heteroatoms. The van der Waals surface area contributed by atoms with Gasteiger partial charge in [-0.2, -0.15) is 0 Å². The molecule has 0 bridgehead atoms. The van der Waals surface area contributed by atoms with Gasteiger partial charge in [-0.05, 0) is 30.9 Å². The quantitative estimate of drug-likeness (QED) is 0.615. The summed E-state index contributed by atoms with van der Waals surface area (Å²) in [5.41, 5.74) is -0.238. The second kappa shape index (κ2) is 5.76. The Morgan fingerprint density at radius 3 is 2.60 bits per heavy atom. The topological polar surface area (TPSA) is 101 Å². The molecule has 0 heterocycles. The van der Waals surface area contributed by atoms with Crippen LogP contribution in [-0.2, 0) is 10.0 Å². The molecule has 0 atom stereocenters. The molecule has 1 aliphatic carbocycles. The molecule has 1 aromatic rings. The van der Waals surface area contributed by atoms with Crippen LogP contribution in [0.15, 0.2) is 23.1 Å². The van der Waals surface area contributed by atoms with Gasteiger partial charge in [0.05, 0.1) is 4.92 Å². The van der Waals surface area contributed by atoms with Gasteiger partial charge >= 0.3 is 5.69 Å². The third-order valence-corrected chi connectivity index (χ3v) is 4.98. The molecule has 1 aliphatic rings. The third kappa shape index (κ3) is 2.91. The van der Waals surface area contributed by atoms with E-state index in [-0.39, 0.29) is 10.6 Å². The van der Waals surface area contributed by atoms with Crippen LogP contribution >= 0.6 is 0 Å². The largest absolute Gasteiger partial charge is 0.383 e. The standard InChI is InChI=1S/C12H17N3O4S/c1-13-10-6-3-7-11(12(10)15(16)17)20(18,19)14-8-9-4-2-5-9/h3,6-7,9,13-14H,2,4-5,8H2,1H3. The number of hydrogen-bond acceptors (Lipinski definition) is 5. The van der Waals surface area contributed by atoms with E-state index in [4.69, 9.17) is 0 Å². The highest BCUT2D eigenvalue weighted by molar-refractivity contribution is 7.89. The molecular weight excluding hydrogens is 282 g/mol. The van der Waals surface area contributed by atoms with E-state index >= 15 is 0 Å². The van der Waals surface area contributed by atoms with Crippen molar-refractivity contribution in [1.82, 2.24) is 4.72 Å². The van der Waals surface area contributed by atoms with Gasteiger partial charge in [-0.1, -0.05) is 12.5 Å². The van der Waals surface area contributed by atoms with Gasteiger partial charge < -0.3 is 5.32 Å². The van der Waals surface area contributed by atoms with Crippen molar-refractivity contribution in [2.75, 3.05) is 18.9 Å². The molecule has 0 aromatic heterocycles. The first-order valence-corrected chi connectivity index (χ1v) is 7.89. The summed E-state index contributed by atoms with van der Waals surface area (Å²) in [5.74, 6) is 0.344. The van der Waals surface area contributed by atoms with Crippen LogP contribution in [0.5, 0.6) is 0 Å². The molecule has 7 nitrogen and oxygen atoms in total. The van der Waals surface area contributed by atoms with E-state index in [1.165, 1.54) is 25.2 Å². The lowest BCUT2D eigenvalue weighted by Crippen LogP contribution is -2.32. The number of nitrogens with one attached hydrogen (secondary N) is 2. The Morgan fingerprint density at radius 1 is 1.40 bits per heavy atom. The van der Waals surface area contributed by atoms with Crippen molar-refractivity contribution in [3.05, 3.63) is 28.3 Å². The van der Waals surface area contributed by atoms with Gasteiger partial charge in [0.25, 0.3) is 0 Å². The molecule has 0 spiro atoms. The van der Waals surface area contributed by atoms with Gasteiger partial charge in [0.2, 0.25) is 10.0 Å². The SMILES string of the molecule is CNc1cccc(S(=O)(=O)NCC2CCC2)c1[N+](=O)[O-]. The summed E-state index contributed by atoms with van der Waals surface area (Å²) in [7, 11) is -2.36. The van der Waals surface area contributed by atoms with Crippen molar-refractivity contribution >= 4 is 21.4 Å². The van der Waals surface area contributed by atoms with Crippen LogP contribution in [-0.4, -0.2) is 26.9 Å². The van der Waals surface area contributed by atoms with Crippen molar-refractivity contribution in [1.29, 1.82) is 0 Å². The number of sulfonamides is 1. The van der Waals surface area contributed by atoms with Crippen LogP contribution in [0.25, 0.3) is 0 Å². The molecule has 20 heavy (non-hydrogen) atoms. The molecule has 0 saturated heterocycles. The fourth-order valence-corrected chi connectivity index (χ4v) is 3.44. The second-order valence-electron chi connectivity index (χ2n) is 4.81. The fourth-order valence-electron chi connectivity index (χ4n) is 2.13. The van der Waals surface area contributed by atoms with E-state index in [9.17, 15) is 18.5 Å². The van der Waals surface area contributed by atoms with Gasteiger partial charge in [0.1, 0.15) is 5.69 Å². The normalized spacial score (nSPS) is 15.7. The molecule has 0 radical (unpaired) electrons. The molecule has 0 aliphatic heterocycles. The number of nitro groups is 1. The highest BCUT2D eigenvalue weighted by Crippen LogP contribution is 2.32. The number of rotatable bonds is 6. The van der Waals surface area contributed by atoms with E-state index in [0.717, 1.165) is 19.3 Å². The Hall–Kier alpha value is -1.67. The number of benzene rings is 1. The van der Waals surface area contributed by atoms with Crippen molar-refractivity contribution < 1.29 is 13.3 Å². The minimum absolute atomic E-state index is 0.182. The lowest BCUT2D eigenvalue weighted by molar-refractivity contribution is -0.386. The summed E-state index contributed by atoms with van der Waals surface area (Å²) in [4.78, 5) is 10.2. The third-order valence-electron chi connectivity index (χ3n) is 3.53. The van der Waals surface area contributed by atoms with Crippen LogP contribution in [0.2, 0.25) is 0 Å². The van der Waals surface area contributed by atoms with Gasteiger partial charge in [0, 0.05) is 13.6 Å². The first kappa shape index (κ1) is 14.7. The zero-order chi connectivity index (χ0) is 14.8. The summed E-state index contributed by atoms with van der Waals surface area (Å²) in [6.07, 6.45) is 3.12. The van der Waals surface area contributed by atoms with E-state index in [0.29, 0.717) is 12.5 Å². The van der Waals surface area contributed by atoms with E-state index in [2.05, 4.69) is 10.0 Å². The minimum Gasteiger partial charge on any atom is -0.383 e. The number of anilines is 1. The Labute approximate surface area is 117 Å². The predicted molar refractivity (Wildman–Crippen MR) is 75.2 cm³/mol. The molecule has 1 aromatic carbocycles. The molecule has 1 fully saturated rings. The zero-order valence-electron chi connectivity index (χ0n) is 11.1. The maximum Gasteiger partial charge on any atom is 0.312 e. The Balaban J connectivity index is 2.32. The van der Waals surface area contributed by atoms with Crippen molar-refractivity contribution in [3.63, 3.8) is 0 Å².